The van der Waals surface area contributed by atoms with Crippen LogP contribution in [0.15, 0.2) is 36.4 Å². The van der Waals surface area contributed by atoms with Crippen molar-refractivity contribution in [2.75, 3.05) is 27.3 Å². The van der Waals surface area contributed by atoms with Crippen LogP contribution >= 0.6 is 0 Å². The number of halogens is 2. The summed E-state index contributed by atoms with van der Waals surface area (Å²) in [4.78, 5) is 26.6. The minimum atomic E-state index is -3.99. The van der Waals surface area contributed by atoms with E-state index in [0.29, 0.717) is 24.3 Å². The predicted molar refractivity (Wildman–Crippen MR) is 115 cm³/mol. The summed E-state index contributed by atoms with van der Waals surface area (Å²) < 4.78 is 52.3. The van der Waals surface area contributed by atoms with Gasteiger partial charge in [0.2, 0.25) is 21.8 Å². The zero-order valence-electron chi connectivity index (χ0n) is 17.4. The van der Waals surface area contributed by atoms with Gasteiger partial charge in [0.1, 0.15) is 6.04 Å². The number of benzene rings is 2. The highest BCUT2D eigenvalue weighted by molar-refractivity contribution is 7.92. The van der Waals surface area contributed by atoms with Crippen molar-refractivity contribution >= 4 is 38.9 Å². The van der Waals surface area contributed by atoms with Crippen LogP contribution in [0.5, 0.6) is 0 Å². The topological polar surface area (TPSA) is 86.8 Å². The Hall–Kier alpha value is -3.01. The van der Waals surface area contributed by atoms with E-state index in [4.69, 9.17) is 0 Å². The molecule has 2 amide bonds. The van der Waals surface area contributed by atoms with Crippen molar-refractivity contribution in [3.05, 3.63) is 53.6 Å². The summed E-state index contributed by atoms with van der Waals surface area (Å²) in [6.07, 6.45) is 2.09. The number of anilines is 3. The molecule has 0 unspecified atom stereocenters. The Kier molecular flexibility index (Phi) is 6.30. The average molecular weight is 451 g/mol. The van der Waals surface area contributed by atoms with Crippen LogP contribution in [-0.4, -0.2) is 39.1 Å². The van der Waals surface area contributed by atoms with Gasteiger partial charge in [0.05, 0.1) is 11.9 Å². The second-order valence-corrected chi connectivity index (χ2v) is 9.33. The van der Waals surface area contributed by atoms with E-state index in [1.165, 1.54) is 6.92 Å². The quantitative estimate of drug-likeness (QED) is 0.731. The Bertz CT molecular complexity index is 1140. The summed E-state index contributed by atoms with van der Waals surface area (Å²) in [7, 11) is -3.99. The molecule has 7 nitrogen and oxygen atoms in total. The molecule has 2 aromatic rings. The fraction of sp³-hybridized carbons (Fsp3) is 0.333. The molecule has 1 aliphatic heterocycles. The van der Waals surface area contributed by atoms with Crippen molar-refractivity contribution in [3.8, 4) is 0 Å². The highest BCUT2D eigenvalue weighted by atomic mass is 32.2. The highest BCUT2D eigenvalue weighted by Crippen LogP contribution is 2.29. The number of carbonyl (C=O) groups is 2. The summed E-state index contributed by atoms with van der Waals surface area (Å²) in [5.74, 6) is -3.02. The SMILES string of the molecule is Cc1ccc(NC(=O)[C@H](C)N(c2ccc(F)c(F)c2)S(C)(=O)=O)cc1N1CCCC1=O. The molecular weight excluding hydrogens is 428 g/mol. The Morgan fingerprint density at radius 3 is 2.45 bits per heavy atom. The lowest BCUT2D eigenvalue weighted by Crippen LogP contribution is -2.45. The molecule has 31 heavy (non-hydrogen) atoms. The maximum atomic E-state index is 13.7. The number of rotatable bonds is 6. The molecule has 0 aliphatic carbocycles. The van der Waals surface area contributed by atoms with Crippen LogP contribution in [0.25, 0.3) is 0 Å². The third-order valence-electron chi connectivity index (χ3n) is 5.09. The van der Waals surface area contributed by atoms with Gasteiger partial charge in [-0.15, -0.1) is 0 Å². The standard InChI is InChI=1S/C21H23F2N3O4S/c1-13-6-7-15(11-19(13)25-10-4-5-20(25)27)24-21(28)14(2)26(31(3,29)30)16-8-9-17(22)18(23)12-16/h6-9,11-12,14H,4-5,10H2,1-3H3,(H,24,28)/t14-/m0/s1. The summed E-state index contributed by atoms with van der Waals surface area (Å²) >= 11 is 0. The third-order valence-corrected chi connectivity index (χ3v) is 6.33. The van der Waals surface area contributed by atoms with Gasteiger partial charge in [-0.25, -0.2) is 17.2 Å². The van der Waals surface area contributed by atoms with E-state index in [1.807, 2.05) is 6.92 Å². The number of nitrogens with one attached hydrogen (secondary N) is 1. The summed E-state index contributed by atoms with van der Waals surface area (Å²) in [5.41, 5.74) is 1.75. The van der Waals surface area contributed by atoms with Crippen LogP contribution in [0, 0.1) is 18.6 Å². The fourth-order valence-electron chi connectivity index (χ4n) is 3.56. The van der Waals surface area contributed by atoms with Gasteiger partial charge in [-0.05, 0) is 50.1 Å². The highest BCUT2D eigenvalue weighted by Gasteiger charge is 2.30. The molecule has 1 N–H and O–H groups in total. The first-order chi connectivity index (χ1) is 14.5. The van der Waals surface area contributed by atoms with Crippen molar-refractivity contribution in [3.63, 3.8) is 0 Å². The van der Waals surface area contributed by atoms with Crippen LogP contribution in [0.1, 0.15) is 25.3 Å². The van der Waals surface area contributed by atoms with Gasteiger partial charge in [0, 0.05) is 30.4 Å². The van der Waals surface area contributed by atoms with E-state index in [9.17, 15) is 26.8 Å². The summed E-state index contributed by atoms with van der Waals surface area (Å²) in [5, 5.41) is 2.65. The van der Waals surface area contributed by atoms with E-state index in [2.05, 4.69) is 5.32 Å². The molecule has 1 fully saturated rings. The first-order valence-corrected chi connectivity index (χ1v) is 11.5. The monoisotopic (exact) mass is 451 g/mol. The van der Waals surface area contributed by atoms with E-state index >= 15 is 0 Å². The molecule has 0 radical (unpaired) electrons. The Morgan fingerprint density at radius 2 is 1.87 bits per heavy atom. The molecule has 0 aromatic heterocycles. The van der Waals surface area contributed by atoms with Crippen molar-refractivity contribution in [2.24, 2.45) is 0 Å². The van der Waals surface area contributed by atoms with Gasteiger partial charge in [0.25, 0.3) is 0 Å². The van der Waals surface area contributed by atoms with Gasteiger partial charge < -0.3 is 10.2 Å². The Labute approximate surface area is 179 Å². The molecule has 1 heterocycles. The minimum absolute atomic E-state index is 0.00142. The number of sulfonamides is 1. The number of carbonyl (C=O) groups excluding carboxylic acids is 2. The van der Waals surface area contributed by atoms with E-state index in [0.717, 1.165) is 40.7 Å². The van der Waals surface area contributed by atoms with Crippen molar-refractivity contribution in [1.29, 1.82) is 0 Å². The van der Waals surface area contributed by atoms with Crippen molar-refractivity contribution < 1.29 is 26.8 Å². The van der Waals surface area contributed by atoms with Crippen molar-refractivity contribution in [2.45, 2.75) is 32.7 Å². The van der Waals surface area contributed by atoms with Crippen LogP contribution in [-0.2, 0) is 19.6 Å². The maximum absolute atomic E-state index is 13.7. The van der Waals surface area contributed by atoms with Crippen LogP contribution in [0.4, 0.5) is 25.8 Å². The smallest absolute Gasteiger partial charge is 0.247 e. The van der Waals surface area contributed by atoms with E-state index in [1.54, 1.807) is 23.1 Å². The number of aryl methyl sites for hydroxylation is 1. The normalized spacial score (nSPS) is 15.1. The van der Waals surface area contributed by atoms with Crippen molar-refractivity contribution in [1.82, 2.24) is 0 Å². The van der Waals surface area contributed by atoms with Gasteiger partial charge in [0.15, 0.2) is 11.6 Å². The second kappa shape index (κ2) is 8.62. The Morgan fingerprint density at radius 1 is 1.16 bits per heavy atom. The number of amides is 2. The van der Waals surface area contributed by atoms with Crippen LogP contribution < -0.4 is 14.5 Å². The lowest BCUT2D eigenvalue weighted by atomic mass is 10.1. The van der Waals surface area contributed by atoms with Crippen LogP contribution in [0.2, 0.25) is 0 Å². The van der Waals surface area contributed by atoms with E-state index in [-0.39, 0.29) is 11.6 Å². The Balaban J connectivity index is 1.87. The van der Waals surface area contributed by atoms with E-state index < -0.39 is 33.6 Å². The molecule has 10 heteroatoms. The number of hydrogen-bond acceptors (Lipinski definition) is 4. The first-order valence-electron chi connectivity index (χ1n) is 9.65. The van der Waals surface area contributed by atoms with Gasteiger partial charge in [-0.3, -0.25) is 13.9 Å². The molecule has 1 atom stereocenters. The molecule has 166 valence electrons. The molecule has 1 aliphatic rings. The first kappa shape index (κ1) is 22.7. The predicted octanol–water partition coefficient (Wildman–Crippen LogP) is 3.19. The molecule has 0 saturated carbocycles. The lowest BCUT2D eigenvalue weighted by molar-refractivity contribution is -0.117. The molecule has 3 rings (SSSR count). The second-order valence-electron chi connectivity index (χ2n) is 7.47. The largest absolute Gasteiger partial charge is 0.324 e. The van der Waals surface area contributed by atoms with Crippen LogP contribution in [0.3, 0.4) is 0 Å². The lowest BCUT2D eigenvalue weighted by Gasteiger charge is -2.28. The average Bonchev–Trinajstić information content (AvgIpc) is 3.10. The molecule has 2 aromatic carbocycles. The molecular formula is C21H23F2N3O4S. The number of nitrogens with zero attached hydrogens (tertiary/aromatic N) is 2. The van der Waals surface area contributed by atoms with Gasteiger partial charge in [-0.1, -0.05) is 6.07 Å². The summed E-state index contributed by atoms with van der Waals surface area (Å²) in [6.45, 7) is 3.78. The maximum Gasteiger partial charge on any atom is 0.247 e. The number of hydrogen-bond donors (Lipinski definition) is 1. The zero-order chi connectivity index (χ0) is 22.9. The van der Waals surface area contributed by atoms with Gasteiger partial charge in [-0.2, -0.15) is 0 Å². The molecule has 0 spiro atoms. The van der Waals surface area contributed by atoms with Gasteiger partial charge >= 0.3 is 0 Å². The fourth-order valence-corrected chi connectivity index (χ4v) is 4.73. The zero-order valence-corrected chi connectivity index (χ0v) is 18.2. The third kappa shape index (κ3) is 4.84. The minimum Gasteiger partial charge on any atom is -0.324 e. The molecule has 1 saturated heterocycles. The molecule has 0 bridgehead atoms. The summed E-state index contributed by atoms with van der Waals surface area (Å²) in [6, 6.07) is 6.42.